The summed E-state index contributed by atoms with van der Waals surface area (Å²) in [7, 11) is 3.82. The first-order valence-electron chi connectivity index (χ1n) is 6.64. The van der Waals surface area contributed by atoms with Crippen LogP contribution in [0.5, 0.6) is 0 Å². The maximum atomic E-state index is 12.2. The van der Waals surface area contributed by atoms with Crippen molar-refractivity contribution >= 4 is 36.5 Å². The van der Waals surface area contributed by atoms with Gasteiger partial charge in [-0.2, -0.15) is 0 Å². The summed E-state index contributed by atoms with van der Waals surface area (Å²) < 4.78 is 0. The highest BCUT2D eigenvalue weighted by molar-refractivity contribution is 5.94. The Bertz CT molecular complexity index is 411. The number of carbonyl (C=O) groups is 1. The number of hydrogen-bond donors (Lipinski definition) is 2. The van der Waals surface area contributed by atoms with Gasteiger partial charge in [0, 0.05) is 26.8 Å². The van der Waals surface area contributed by atoms with E-state index in [9.17, 15) is 4.79 Å². The molecule has 0 unspecified atom stereocenters. The number of pyridine rings is 1. The monoisotopic (exact) mass is 336 g/mol. The van der Waals surface area contributed by atoms with Crippen molar-refractivity contribution in [1.82, 2.24) is 10.3 Å². The predicted molar refractivity (Wildman–Crippen MR) is 92.9 cm³/mol. The van der Waals surface area contributed by atoms with Crippen molar-refractivity contribution in [3.05, 3.63) is 23.9 Å². The Morgan fingerprint density at radius 1 is 1.29 bits per heavy atom. The molecular weight excluding hydrogens is 311 g/mol. The molecule has 5 nitrogen and oxygen atoms in total. The summed E-state index contributed by atoms with van der Waals surface area (Å²) in [5.74, 6) is 0.708. The largest absolute Gasteiger partial charge is 0.363 e. The van der Waals surface area contributed by atoms with Crippen LogP contribution >= 0.6 is 24.8 Å². The third-order valence-corrected chi connectivity index (χ3v) is 3.59. The van der Waals surface area contributed by atoms with Crippen molar-refractivity contribution in [2.24, 2.45) is 5.73 Å². The first-order valence-corrected chi connectivity index (χ1v) is 6.64. The maximum absolute atomic E-state index is 12.2. The van der Waals surface area contributed by atoms with Crippen molar-refractivity contribution in [2.75, 3.05) is 25.5 Å². The van der Waals surface area contributed by atoms with Gasteiger partial charge in [0.15, 0.2) is 0 Å². The van der Waals surface area contributed by atoms with Gasteiger partial charge in [0.1, 0.15) is 5.82 Å². The molecule has 0 aliphatic heterocycles. The zero-order chi connectivity index (χ0) is 14.5. The van der Waals surface area contributed by atoms with Gasteiger partial charge < -0.3 is 16.0 Å². The van der Waals surface area contributed by atoms with Crippen LogP contribution in [0.4, 0.5) is 5.82 Å². The van der Waals surface area contributed by atoms with Gasteiger partial charge in [-0.1, -0.05) is 13.8 Å². The molecule has 0 saturated heterocycles. The smallest absolute Gasteiger partial charge is 0.253 e. The third-order valence-electron chi connectivity index (χ3n) is 3.59. The summed E-state index contributed by atoms with van der Waals surface area (Å²) in [6, 6.07) is 3.61. The molecule has 0 spiro atoms. The van der Waals surface area contributed by atoms with Gasteiger partial charge in [-0.15, -0.1) is 24.8 Å². The van der Waals surface area contributed by atoms with Crippen molar-refractivity contribution < 1.29 is 4.79 Å². The summed E-state index contributed by atoms with van der Waals surface area (Å²) in [4.78, 5) is 18.3. The first-order chi connectivity index (χ1) is 8.98. The highest BCUT2D eigenvalue weighted by atomic mass is 35.5. The molecule has 1 rings (SSSR count). The zero-order valence-corrected chi connectivity index (χ0v) is 14.7. The quantitative estimate of drug-likeness (QED) is 0.835. The van der Waals surface area contributed by atoms with E-state index < -0.39 is 0 Å². The number of aromatic nitrogens is 1. The Morgan fingerprint density at radius 2 is 1.86 bits per heavy atom. The number of amides is 1. The van der Waals surface area contributed by atoms with E-state index in [4.69, 9.17) is 5.73 Å². The molecule has 0 aliphatic carbocycles. The lowest BCUT2D eigenvalue weighted by atomic mass is 9.92. The van der Waals surface area contributed by atoms with Crippen LogP contribution in [0.2, 0.25) is 0 Å². The molecule has 0 aromatic carbocycles. The molecule has 0 saturated carbocycles. The fourth-order valence-corrected chi connectivity index (χ4v) is 1.86. The minimum absolute atomic E-state index is 0. The van der Waals surface area contributed by atoms with Gasteiger partial charge in [0.2, 0.25) is 0 Å². The van der Waals surface area contributed by atoms with Crippen LogP contribution in [-0.2, 0) is 0 Å². The maximum Gasteiger partial charge on any atom is 0.253 e. The average Bonchev–Trinajstić information content (AvgIpc) is 2.45. The molecule has 0 aliphatic rings. The Morgan fingerprint density at radius 3 is 2.19 bits per heavy atom. The zero-order valence-electron chi connectivity index (χ0n) is 13.0. The third kappa shape index (κ3) is 5.69. The van der Waals surface area contributed by atoms with Crippen molar-refractivity contribution in [3.8, 4) is 0 Å². The van der Waals surface area contributed by atoms with Crippen LogP contribution in [0.3, 0.4) is 0 Å². The first kappa shape index (κ1) is 22.2. The standard InChI is InChI=1S/C14H24N4O.2ClH/c1-5-14(6-2,10-15)17-13(19)11-7-8-12(16-9-11)18(3)4;;/h7-9H,5-6,10,15H2,1-4H3,(H,17,19);2*1H. The molecule has 0 fully saturated rings. The molecule has 0 atom stereocenters. The van der Waals surface area contributed by atoms with E-state index in [2.05, 4.69) is 10.3 Å². The normalized spacial score (nSPS) is 10.1. The van der Waals surface area contributed by atoms with Gasteiger partial charge in [-0.3, -0.25) is 4.79 Å². The van der Waals surface area contributed by atoms with Crippen molar-refractivity contribution in [2.45, 2.75) is 32.2 Å². The van der Waals surface area contributed by atoms with Gasteiger partial charge in [-0.25, -0.2) is 4.98 Å². The molecule has 1 aromatic heterocycles. The highest BCUT2D eigenvalue weighted by Crippen LogP contribution is 2.15. The van der Waals surface area contributed by atoms with E-state index in [1.165, 1.54) is 0 Å². The Labute approximate surface area is 139 Å². The molecule has 1 amide bonds. The van der Waals surface area contributed by atoms with Crippen LogP contribution in [0.25, 0.3) is 0 Å². The fourth-order valence-electron chi connectivity index (χ4n) is 1.86. The minimum Gasteiger partial charge on any atom is -0.363 e. The molecule has 0 bridgehead atoms. The molecule has 1 aromatic rings. The Hall–Kier alpha value is -1.04. The Balaban J connectivity index is 0. The number of rotatable bonds is 6. The lowest BCUT2D eigenvalue weighted by molar-refractivity contribution is 0.0895. The minimum atomic E-state index is -0.322. The van der Waals surface area contributed by atoms with Crippen molar-refractivity contribution in [3.63, 3.8) is 0 Å². The average molecular weight is 337 g/mol. The highest BCUT2D eigenvalue weighted by Gasteiger charge is 2.26. The van der Waals surface area contributed by atoms with Gasteiger partial charge >= 0.3 is 0 Å². The fraction of sp³-hybridized carbons (Fsp3) is 0.571. The van der Waals surface area contributed by atoms with E-state index in [-0.39, 0.29) is 36.3 Å². The molecule has 1 heterocycles. The van der Waals surface area contributed by atoms with E-state index >= 15 is 0 Å². The van der Waals surface area contributed by atoms with Crippen LogP contribution in [0, 0.1) is 0 Å². The number of nitrogens with one attached hydrogen (secondary N) is 1. The summed E-state index contributed by atoms with van der Waals surface area (Å²) in [6.45, 7) is 4.50. The summed E-state index contributed by atoms with van der Waals surface area (Å²) in [6.07, 6.45) is 3.22. The SMILES string of the molecule is CCC(CC)(CN)NC(=O)c1ccc(N(C)C)nc1.Cl.Cl. The van der Waals surface area contributed by atoms with Gasteiger partial charge in [0.25, 0.3) is 5.91 Å². The van der Waals surface area contributed by atoms with Gasteiger partial charge in [-0.05, 0) is 25.0 Å². The lowest BCUT2D eigenvalue weighted by Gasteiger charge is -2.31. The number of nitrogens with two attached hydrogens (primary N) is 1. The number of hydrogen-bond acceptors (Lipinski definition) is 4. The number of anilines is 1. The molecule has 3 N–H and O–H groups in total. The summed E-state index contributed by atoms with van der Waals surface area (Å²) >= 11 is 0. The topological polar surface area (TPSA) is 71.2 Å². The molecule has 7 heteroatoms. The second-order valence-corrected chi connectivity index (χ2v) is 4.95. The molecule has 122 valence electrons. The lowest BCUT2D eigenvalue weighted by Crippen LogP contribution is -2.52. The number of halogens is 2. The summed E-state index contributed by atoms with van der Waals surface area (Å²) in [5, 5.41) is 3.03. The Kier molecular flexibility index (Phi) is 10.4. The number of carbonyl (C=O) groups excluding carboxylic acids is 1. The van der Waals surface area contributed by atoms with E-state index in [1.807, 2.05) is 38.9 Å². The molecular formula is C14H26Cl2N4O. The van der Waals surface area contributed by atoms with E-state index in [0.717, 1.165) is 18.7 Å². The van der Waals surface area contributed by atoms with Crippen LogP contribution in [-0.4, -0.2) is 37.1 Å². The van der Waals surface area contributed by atoms with Crippen LogP contribution in [0.15, 0.2) is 18.3 Å². The molecule has 21 heavy (non-hydrogen) atoms. The second kappa shape index (κ2) is 9.82. The number of nitrogens with zero attached hydrogens (tertiary/aromatic N) is 2. The van der Waals surface area contributed by atoms with Gasteiger partial charge in [0.05, 0.1) is 11.1 Å². The van der Waals surface area contributed by atoms with E-state index in [0.29, 0.717) is 12.1 Å². The van der Waals surface area contributed by atoms with Crippen LogP contribution < -0.4 is 16.0 Å². The molecule has 0 radical (unpaired) electrons. The van der Waals surface area contributed by atoms with Crippen molar-refractivity contribution in [1.29, 1.82) is 0 Å². The predicted octanol–water partition coefficient (Wildman–Crippen LogP) is 2.24. The van der Waals surface area contributed by atoms with E-state index in [1.54, 1.807) is 12.3 Å². The van der Waals surface area contributed by atoms with Crippen LogP contribution in [0.1, 0.15) is 37.0 Å². The summed E-state index contributed by atoms with van der Waals surface area (Å²) in [5.41, 5.74) is 6.02. The second-order valence-electron chi connectivity index (χ2n) is 4.95.